The van der Waals surface area contributed by atoms with Crippen molar-refractivity contribution in [1.29, 1.82) is 0 Å². The van der Waals surface area contributed by atoms with Gasteiger partial charge in [0.05, 0.1) is 0 Å². The second kappa shape index (κ2) is 6.25. The summed E-state index contributed by atoms with van der Waals surface area (Å²) in [4.78, 5) is 20.7. The van der Waals surface area contributed by atoms with E-state index in [9.17, 15) is 18.0 Å². The Morgan fingerprint density at radius 1 is 1.23 bits per heavy atom. The molecule has 142 valence electrons. The Bertz CT molecular complexity index is 831. The molecule has 0 bridgehead atoms. The highest BCUT2D eigenvalue weighted by atomic mass is 19.4. The van der Waals surface area contributed by atoms with Crippen molar-refractivity contribution in [2.45, 2.75) is 59.2 Å². The molecule has 0 unspecified atom stereocenters. The van der Waals surface area contributed by atoms with Crippen LogP contribution in [0, 0.1) is 11.3 Å². The van der Waals surface area contributed by atoms with E-state index in [0.717, 1.165) is 25.3 Å². The Morgan fingerprint density at radius 2 is 1.88 bits per heavy atom. The first-order chi connectivity index (χ1) is 12.0. The van der Waals surface area contributed by atoms with Crippen molar-refractivity contribution in [3.63, 3.8) is 0 Å². The Labute approximate surface area is 150 Å². The molecule has 1 aliphatic rings. The third kappa shape index (κ3) is 3.41. The van der Waals surface area contributed by atoms with Crippen LogP contribution in [0.3, 0.4) is 0 Å². The SMILES string of the molecule is C[C@H](C(=O)Nc1nc2ccc(C(F)(F)F)nc2n1C1CCC1)C(C)(C)C. The highest BCUT2D eigenvalue weighted by molar-refractivity contribution is 5.93. The van der Waals surface area contributed by atoms with Crippen LogP contribution in [0.25, 0.3) is 11.2 Å². The molecular formula is C18H23F3N4O. The second-order valence-corrected chi connectivity index (χ2v) is 8.00. The number of fused-ring (bicyclic) bond motifs is 1. The van der Waals surface area contributed by atoms with Crippen LogP contribution in [-0.2, 0) is 11.0 Å². The zero-order valence-electron chi connectivity index (χ0n) is 15.3. The maximum absolute atomic E-state index is 13.0. The summed E-state index contributed by atoms with van der Waals surface area (Å²) in [6.45, 7) is 7.71. The van der Waals surface area contributed by atoms with Crippen molar-refractivity contribution in [3.8, 4) is 0 Å². The lowest BCUT2D eigenvalue weighted by Gasteiger charge is -2.30. The van der Waals surface area contributed by atoms with Crippen LogP contribution in [0.15, 0.2) is 12.1 Å². The Kier molecular flexibility index (Phi) is 4.48. The molecular weight excluding hydrogens is 345 g/mol. The minimum atomic E-state index is -4.52. The lowest BCUT2D eigenvalue weighted by Crippen LogP contribution is -2.32. The van der Waals surface area contributed by atoms with E-state index in [1.807, 2.05) is 27.7 Å². The summed E-state index contributed by atoms with van der Waals surface area (Å²) >= 11 is 0. The van der Waals surface area contributed by atoms with Gasteiger partial charge in [0.2, 0.25) is 11.9 Å². The fourth-order valence-corrected chi connectivity index (χ4v) is 2.82. The first-order valence-electron chi connectivity index (χ1n) is 8.75. The first-order valence-corrected chi connectivity index (χ1v) is 8.75. The molecule has 1 amide bonds. The summed E-state index contributed by atoms with van der Waals surface area (Å²) in [6, 6.07) is 2.24. The highest BCUT2D eigenvalue weighted by Crippen LogP contribution is 2.38. The van der Waals surface area contributed by atoms with Crippen LogP contribution >= 0.6 is 0 Å². The van der Waals surface area contributed by atoms with E-state index in [1.54, 1.807) is 4.57 Å². The highest BCUT2D eigenvalue weighted by Gasteiger charge is 2.35. The molecule has 2 aromatic rings. The molecule has 0 spiro atoms. The average molecular weight is 368 g/mol. The van der Waals surface area contributed by atoms with Crippen molar-refractivity contribution < 1.29 is 18.0 Å². The van der Waals surface area contributed by atoms with Gasteiger partial charge in [0, 0.05) is 12.0 Å². The summed E-state index contributed by atoms with van der Waals surface area (Å²) < 4.78 is 40.8. The number of nitrogens with zero attached hydrogens (tertiary/aromatic N) is 3. The van der Waals surface area contributed by atoms with Gasteiger partial charge < -0.3 is 0 Å². The van der Waals surface area contributed by atoms with E-state index in [2.05, 4.69) is 15.3 Å². The summed E-state index contributed by atoms with van der Waals surface area (Å²) in [7, 11) is 0. The fraction of sp³-hybridized carbons (Fsp3) is 0.611. The number of hydrogen-bond acceptors (Lipinski definition) is 3. The molecule has 1 atom stereocenters. The molecule has 0 aliphatic heterocycles. The molecule has 3 rings (SSSR count). The smallest absolute Gasteiger partial charge is 0.296 e. The number of imidazole rings is 1. The van der Waals surface area contributed by atoms with Gasteiger partial charge in [-0.15, -0.1) is 0 Å². The van der Waals surface area contributed by atoms with Gasteiger partial charge >= 0.3 is 6.18 Å². The third-order valence-electron chi connectivity index (χ3n) is 5.19. The maximum atomic E-state index is 13.0. The number of carbonyl (C=O) groups is 1. The normalized spacial score (nSPS) is 17.2. The number of nitrogens with one attached hydrogen (secondary N) is 1. The lowest BCUT2D eigenvalue weighted by molar-refractivity contribution is -0.141. The predicted molar refractivity (Wildman–Crippen MR) is 92.7 cm³/mol. The number of aromatic nitrogens is 3. The van der Waals surface area contributed by atoms with E-state index in [-0.39, 0.29) is 34.9 Å². The van der Waals surface area contributed by atoms with Crippen LogP contribution in [-0.4, -0.2) is 20.4 Å². The van der Waals surface area contributed by atoms with Crippen LogP contribution in [0.4, 0.5) is 19.1 Å². The molecule has 2 aromatic heterocycles. The van der Waals surface area contributed by atoms with Crippen molar-refractivity contribution in [1.82, 2.24) is 14.5 Å². The van der Waals surface area contributed by atoms with Gasteiger partial charge in [0.15, 0.2) is 5.65 Å². The summed E-state index contributed by atoms with van der Waals surface area (Å²) in [5.41, 5.74) is -0.669. The minimum absolute atomic E-state index is 0.0104. The molecule has 1 saturated carbocycles. The van der Waals surface area contributed by atoms with E-state index in [4.69, 9.17) is 0 Å². The average Bonchev–Trinajstić information content (AvgIpc) is 2.80. The Morgan fingerprint density at radius 3 is 2.38 bits per heavy atom. The summed E-state index contributed by atoms with van der Waals surface area (Å²) in [5.74, 6) is -0.210. The second-order valence-electron chi connectivity index (χ2n) is 8.00. The van der Waals surface area contributed by atoms with Gasteiger partial charge in [-0.05, 0) is 36.8 Å². The van der Waals surface area contributed by atoms with Crippen molar-refractivity contribution in [2.75, 3.05) is 5.32 Å². The zero-order chi connectivity index (χ0) is 19.3. The van der Waals surface area contributed by atoms with Crippen LogP contribution in [0.2, 0.25) is 0 Å². The molecule has 1 fully saturated rings. The molecule has 26 heavy (non-hydrogen) atoms. The zero-order valence-corrected chi connectivity index (χ0v) is 15.3. The number of pyridine rings is 1. The van der Waals surface area contributed by atoms with Crippen molar-refractivity contribution in [3.05, 3.63) is 17.8 Å². The van der Waals surface area contributed by atoms with E-state index < -0.39 is 11.9 Å². The van der Waals surface area contributed by atoms with Gasteiger partial charge in [-0.2, -0.15) is 13.2 Å². The number of hydrogen-bond donors (Lipinski definition) is 1. The standard InChI is InChI=1S/C18H23F3N4O/c1-10(17(2,3)4)15(26)24-16-22-12-8-9-13(18(19,20)21)23-14(12)25(16)11-6-5-7-11/h8-11H,5-7H2,1-4H3,(H,22,24,26)/t10-/m1/s1. The number of carbonyl (C=O) groups excluding carboxylic acids is 1. The third-order valence-corrected chi connectivity index (χ3v) is 5.19. The molecule has 2 heterocycles. The van der Waals surface area contributed by atoms with Gasteiger partial charge in [0.25, 0.3) is 0 Å². The summed E-state index contributed by atoms with van der Waals surface area (Å²) in [5, 5.41) is 2.81. The summed E-state index contributed by atoms with van der Waals surface area (Å²) in [6.07, 6.45) is -1.86. The Balaban J connectivity index is 2.03. The van der Waals surface area contributed by atoms with E-state index in [1.165, 1.54) is 6.07 Å². The maximum Gasteiger partial charge on any atom is 0.433 e. The van der Waals surface area contributed by atoms with Crippen LogP contribution in [0.1, 0.15) is 58.7 Å². The first kappa shape index (κ1) is 18.7. The van der Waals surface area contributed by atoms with Crippen molar-refractivity contribution >= 4 is 23.0 Å². The van der Waals surface area contributed by atoms with Gasteiger partial charge in [0.1, 0.15) is 11.2 Å². The molecule has 1 aliphatic carbocycles. The molecule has 5 nitrogen and oxygen atoms in total. The molecule has 0 saturated heterocycles. The largest absolute Gasteiger partial charge is 0.433 e. The van der Waals surface area contributed by atoms with Crippen LogP contribution < -0.4 is 5.32 Å². The van der Waals surface area contributed by atoms with Gasteiger partial charge in [-0.3, -0.25) is 14.7 Å². The molecule has 0 aromatic carbocycles. The van der Waals surface area contributed by atoms with Gasteiger partial charge in [-0.25, -0.2) is 9.97 Å². The number of rotatable bonds is 3. The fourth-order valence-electron chi connectivity index (χ4n) is 2.82. The predicted octanol–water partition coefficient (Wildman–Crippen LogP) is 4.80. The van der Waals surface area contributed by atoms with Crippen LogP contribution in [0.5, 0.6) is 0 Å². The topological polar surface area (TPSA) is 59.8 Å². The minimum Gasteiger partial charge on any atom is -0.296 e. The number of alkyl halides is 3. The van der Waals surface area contributed by atoms with E-state index >= 15 is 0 Å². The quantitative estimate of drug-likeness (QED) is 0.847. The molecule has 8 heteroatoms. The molecule has 0 radical (unpaired) electrons. The number of anilines is 1. The number of amides is 1. The van der Waals surface area contributed by atoms with E-state index in [0.29, 0.717) is 5.52 Å². The number of halogens is 3. The molecule has 1 N–H and O–H groups in total. The monoisotopic (exact) mass is 368 g/mol. The lowest BCUT2D eigenvalue weighted by atomic mass is 9.81. The van der Waals surface area contributed by atoms with Gasteiger partial charge in [-0.1, -0.05) is 27.7 Å². The van der Waals surface area contributed by atoms with Crippen molar-refractivity contribution in [2.24, 2.45) is 11.3 Å². The Hall–Kier alpha value is -2.12.